The fourth-order valence-electron chi connectivity index (χ4n) is 3.24. The first-order chi connectivity index (χ1) is 11.4. The minimum absolute atomic E-state index is 0. The molecule has 0 radical (unpaired) electrons. The van der Waals surface area contributed by atoms with Crippen LogP contribution in [0.2, 0.25) is 0 Å². The molecule has 2 atom stereocenters. The van der Waals surface area contributed by atoms with Crippen molar-refractivity contribution in [2.24, 2.45) is 5.92 Å². The maximum absolute atomic E-state index is 12.4. The molecule has 0 aromatic carbocycles. The normalized spacial score (nSPS) is 24.9. The van der Waals surface area contributed by atoms with E-state index in [-0.39, 0.29) is 48.7 Å². The standard InChI is InChI=1S/C16H31N3O4S.ClH/c1-13(2)23-9-10-24(21,22)19-8-4-5-14(12-19)11-18-16(20)15-6-3-7-17-15;/h13-15,17H,3-12H2,1-2H3,(H,18,20);1H. The van der Waals surface area contributed by atoms with Gasteiger partial charge in [0.2, 0.25) is 15.9 Å². The largest absolute Gasteiger partial charge is 0.378 e. The lowest BCUT2D eigenvalue weighted by Crippen LogP contribution is -2.47. The van der Waals surface area contributed by atoms with Gasteiger partial charge in [-0.2, -0.15) is 0 Å². The van der Waals surface area contributed by atoms with Crippen LogP contribution in [0.1, 0.15) is 39.5 Å². The van der Waals surface area contributed by atoms with Gasteiger partial charge >= 0.3 is 0 Å². The van der Waals surface area contributed by atoms with Crippen molar-refractivity contribution >= 4 is 28.3 Å². The highest BCUT2D eigenvalue weighted by Gasteiger charge is 2.29. The number of halogens is 1. The van der Waals surface area contributed by atoms with Crippen molar-refractivity contribution in [3.8, 4) is 0 Å². The van der Waals surface area contributed by atoms with E-state index in [0.717, 1.165) is 32.2 Å². The predicted octanol–water partition coefficient (Wildman–Crippen LogP) is 0.743. The van der Waals surface area contributed by atoms with E-state index in [2.05, 4.69) is 10.6 Å². The summed E-state index contributed by atoms with van der Waals surface area (Å²) in [6.07, 6.45) is 3.74. The summed E-state index contributed by atoms with van der Waals surface area (Å²) < 4.78 is 31.7. The van der Waals surface area contributed by atoms with E-state index >= 15 is 0 Å². The van der Waals surface area contributed by atoms with Crippen molar-refractivity contribution in [3.05, 3.63) is 0 Å². The third kappa shape index (κ3) is 7.38. The van der Waals surface area contributed by atoms with Gasteiger partial charge in [-0.1, -0.05) is 0 Å². The zero-order valence-corrected chi connectivity index (χ0v) is 16.8. The highest BCUT2D eigenvalue weighted by molar-refractivity contribution is 7.89. The monoisotopic (exact) mass is 397 g/mol. The zero-order valence-electron chi connectivity index (χ0n) is 15.2. The number of amides is 1. The third-order valence-electron chi connectivity index (χ3n) is 4.61. The van der Waals surface area contributed by atoms with Crippen LogP contribution in [0.4, 0.5) is 0 Å². The first-order valence-corrected chi connectivity index (χ1v) is 10.6. The van der Waals surface area contributed by atoms with Crippen molar-refractivity contribution in [2.45, 2.75) is 51.7 Å². The number of carbonyl (C=O) groups is 1. The van der Waals surface area contributed by atoms with E-state index in [1.165, 1.54) is 0 Å². The second-order valence-corrected chi connectivity index (χ2v) is 9.08. The average molecular weight is 398 g/mol. The summed E-state index contributed by atoms with van der Waals surface area (Å²) in [5, 5.41) is 6.15. The first kappa shape index (κ1) is 22.6. The Morgan fingerprint density at radius 1 is 1.32 bits per heavy atom. The van der Waals surface area contributed by atoms with Crippen molar-refractivity contribution in [3.63, 3.8) is 0 Å². The highest BCUT2D eigenvalue weighted by atomic mass is 35.5. The number of hydrogen-bond donors (Lipinski definition) is 2. The maximum Gasteiger partial charge on any atom is 0.237 e. The lowest BCUT2D eigenvalue weighted by molar-refractivity contribution is -0.123. The van der Waals surface area contributed by atoms with E-state index < -0.39 is 10.0 Å². The SMILES string of the molecule is CC(C)OCCS(=O)(=O)N1CCCC(CNC(=O)C2CCCN2)C1.Cl. The van der Waals surface area contributed by atoms with Crippen LogP contribution in [0.3, 0.4) is 0 Å². The van der Waals surface area contributed by atoms with Crippen molar-refractivity contribution in [1.29, 1.82) is 0 Å². The molecule has 1 amide bonds. The number of carbonyl (C=O) groups excluding carboxylic acids is 1. The van der Waals surface area contributed by atoms with Crippen LogP contribution in [0, 0.1) is 5.92 Å². The Morgan fingerprint density at radius 2 is 2.08 bits per heavy atom. The van der Waals surface area contributed by atoms with Crippen LogP contribution in [-0.2, 0) is 19.6 Å². The maximum atomic E-state index is 12.4. The summed E-state index contributed by atoms with van der Waals surface area (Å²) in [5.41, 5.74) is 0. The molecule has 0 bridgehead atoms. The van der Waals surface area contributed by atoms with E-state index in [0.29, 0.717) is 19.6 Å². The Morgan fingerprint density at radius 3 is 2.72 bits per heavy atom. The highest BCUT2D eigenvalue weighted by Crippen LogP contribution is 2.19. The minimum Gasteiger partial charge on any atom is -0.378 e. The Kier molecular flexibility index (Phi) is 9.66. The van der Waals surface area contributed by atoms with Crippen LogP contribution in [-0.4, -0.2) is 69.3 Å². The molecule has 0 aliphatic carbocycles. The quantitative estimate of drug-likeness (QED) is 0.630. The number of nitrogens with zero attached hydrogens (tertiary/aromatic N) is 1. The predicted molar refractivity (Wildman–Crippen MR) is 100 cm³/mol. The number of ether oxygens (including phenoxy) is 1. The molecular formula is C16H32ClN3O4S. The van der Waals surface area contributed by atoms with Gasteiger partial charge in [0.15, 0.2) is 0 Å². The number of piperidine rings is 1. The minimum atomic E-state index is -3.28. The van der Waals surface area contributed by atoms with Crippen molar-refractivity contribution < 1.29 is 17.9 Å². The second-order valence-electron chi connectivity index (χ2n) is 7.00. The Labute approximate surface area is 157 Å². The number of hydrogen-bond acceptors (Lipinski definition) is 5. The van der Waals surface area contributed by atoms with Crippen LogP contribution in [0.15, 0.2) is 0 Å². The molecule has 0 aromatic rings. The van der Waals surface area contributed by atoms with Gasteiger partial charge in [0.05, 0.1) is 24.5 Å². The topological polar surface area (TPSA) is 87.7 Å². The number of nitrogens with one attached hydrogen (secondary N) is 2. The van der Waals surface area contributed by atoms with Gasteiger partial charge in [0, 0.05) is 19.6 Å². The van der Waals surface area contributed by atoms with Gasteiger partial charge in [0.1, 0.15) is 0 Å². The molecule has 2 fully saturated rings. The molecule has 2 N–H and O–H groups in total. The Balaban J connectivity index is 0.00000312. The van der Waals surface area contributed by atoms with Crippen LogP contribution < -0.4 is 10.6 Å². The average Bonchev–Trinajstić information content (AvgIpc) is 3.07. The van der Waals surface area contributed by atoms with Gasteiger partial charge in [-0.3, -0.25) is 4.79 Å². The molecule has 0 aromatic heterocycles. The Hall–Kier alpha value is -0.410. The van der Waals surface area contributed by atoms with E-state index in [1.807, 2.05) is 13.8 Å². The molecule has 2 saturated heterocycles. The van der Waals surface area contributed by atoms with Crippen LogP contribution >= 0.6 is 12.4 Å². The molecule has 2 heterocycles. The lowest BCUT2D eigenvalue weighted by Gasteiger charge is -2.32. The van der Waals surface area contributed by atoms with Crippen LogP contribution in [0.25, 0.3) is 0 Å². The molecule has 7 nitrogen and oxygen atoms in total. The summed E-state index contributed by atoms with van der Waals surface area (Å²) in [6, 6.07) is -0.0818. The lowest BCUT2D eigenvalue weighted by atomic mass is 9.99. The zero-order chi connectivity index (χ0) is 17.6. The third-order valence-corrected chi connectivity index (χ3v) is 6.41. The molecule has 2 unspecified atom stereocenters. The summed E-state index contributed by atoms with van der Waals surface area (Å²) in [5.74, 6) is 0.249. The van der Waals surface area contributed by atoms with E-state index in [4.69, 9.17) is 4.74 Å². The molecule has 2 rings (SSSR count). The smallest absolute Gasteiger partial charge is 0.237 e. The van der Waals surface area contributed by atoms with Gasteiger partial charge in [-0.25, -0.2) is 12.7 Å². The number of sulfonamides is 1. The van der Waals surface area contributed by atoms with Crippen molar-refractivity contribution in [2.75, 3.05) is 38.5 Å². The Bertz CT molecular complexity index is 510. The second kappa shape index (κ2) is 10.7. The summed E-state index contributed by atoms with van der Waals surface area (Å²) in [6.45, 7) is 6.51. The molecule has 148 valence electrons. The van der Waals surface area contributed by atoms with E-state index in [9.17, 15) is 13.2 Å². The van der Waals surface area contributed by atoms with Crippen molar-refractivity contribution in [1.82, 2.24) is 14.9 Å². The van der Waals surface area contributed by atoms with Gasteiger partial charge in [-0.05, 0) is 52.0 Å². The van der Waals surface area contributed by atoms with E-state index in [1.54, 1.807) is 4.31 Å². The fourth-order valence-corrected chi connectivity index (χ4v) is 4.65. The summed E-state index contributed by atoms with van der Waals surface area (Å²) in [4.78, 5) is 12.0. The number of rotatable bonds is 8. The van der Waals surface area contributed by atoms with Gasteiger partial charge < -0.3 is 15.4 Å². The molecule has 9 heteroatoms. The summed E-state index contributed by atoms with van der Waals surface area (Å²) >= 11 is 0. The molecule has 25 heavy (non-hydrogen) atoms. The fraction of sp³-hybridized carbons (Fsp3) is 0.938. The van der Waals surface area contributed by atoms with Gasteiger partial charge in [0.25, 0.3) is 0 Å². The first-order valence-electron chi connectivity index (χ1n) is 8.99. The molecule has 0 saturated carbocycles. The molecule has 2 aliphatic rings. The van der Waals surface area contributed by atoms with Gasteiger partial charge in [-0.15, -0.1) is 12.4 Å². The summed E-state index contributed by atoms with van der Waals surface area (Å²) in [7, 11) is -3.28. The molecule has 0 spiro atoms. The molecular weight excluding hydrogens is 366 g/mol. The molecule has 2 aliphatic heterocycles. The van der Waals surface area contributed by atoms with Crippen LogP contribution in [0.5, 0.6) is 0 Å².